The van der Waals surface area contributed by atoms with Crippen molar-refractivity contribution in [3.8, 4) is 0 Å². The van der Waals surface area contributed by atoms with E-state index in [2.05, 4.69) is 21.2 Å². The summed E-state index contributed by atoms with van der Waals surface area (Å²) in [6, 6.07) is 14.9. The first-order valence-electron chi connectivity index (χ1n) is 10.3. The molecule has 2 aromatic rings. The zero-order valence-electron chi connectivity index (χ0n) is 18.1. The van der Waals surface area contributed by atoms with Gasteiger partial charge in [-0.1, -0.05) is 58.4 Å². The maximum absolute atomic E-state index is 13.0. The maximum Gasteiger partial charge on any atom is 0.418 e. The molecule has 0 fully saturated rings. The SMILES string of the molecule is CC1=C(C(=O)OC(C)C)C(c2ccccc2)N(C(=O)OCCc2ccc(Br)cc2)C(=O)N1. The highest BCUT2D eigenvalue weighted by atomic mass is 79.9. The van der Waals surface area contributed by atoms with Crippen molar-refractivity contribution >= 4 is 34.0 Å². The monoisotopic (exact) mass is 500 g/mol. The molecular formula is C24H25BrN2O5. The molecule has 8 heteroatoms. The molecule has 0 saturated heterocycles. The van der Waals surface area contributed by atoms with Gasteiger partial charge in [0.2, 0.25) is 0 Å². The number of halogens is 1. The van der Waals surface area contributed by atoms with E-state index in [0.717, 1.165) is 14.9 Å². The van der Waals surface area contributed by atoms with Crippen molar-refractivity contribution in [2.24, 2.45) is 0 Å². The number of carbonyl (C=O) groups excluding carboxylic acids is 3. The molecule has 0 saturated carbocycles. The van der Waals surface area contributed by atoms with Crippen molar-refractivity contribution in [2.75, 3.05) is 6.61 Å². The van der Waals surface area contributed by atoms with E-state index in [9.17, 15) is 14.4 Å². The van der Waals surface area contributed by atoms with Gasteiger partial charge in [-0.15, -0.1) is 0 Å². The van der Waals surface area contributed by atoms with Crippen molar-refractivity contribution < 1.29 is 23.9 Å². The largest absolute Gasteiger partial charge is 0.459 e. The molecule has 0 radical (unpaired) electrons. The molecule has 0 aliphatic carbocycles. The van der Waals surface area contributed by atoms with E-state index < -0.39 is 24.1 Å². The van der Waals surface area contributed by atoms with Gasteiger partial charge in [-0.05, 0) is 44.0 Å². The molecule has 1 aliphatic rings. The Bertz CT molecular complexity index is 1020. The molecule has 0 bridgehead atoms. The quantitative estimate of drug-likeness (QED) is 0.556. The van der Waals surface area contributed by atoms with Crippen molar-refractivity contribution in [1.82, 2.24) is 10.2 Å². The molecule has 0 spiro atoms. The summed E-state index contributed by atoms with van der Waals surface area (Å²) in [5.74, 6) is -0.598. The van der Waals surface area contributed by atoms with Crippen LogP contribution in [0.4, 0.5) is 9.59 Å². The lowest BCUT2D eigenvalue weighted by molar-refractivity contribution is -0.143. The Labute approximate surface area is 195 Å². The van der Waals surface area contributed by atoms with Gasteiger partial charge in [-0.25, -0.2) is 19.3 Å². The van der Waals surface area contributed by atoms with Crippen LogP contribution in [0, 0.1) is 0 Å². The minimum Gasteiger partial charge on any atom is -0.459 e. The lowest BCUT2D eigenvalue weighted by Crippen LogP contribution is -2.51. The van der Waals surface area contributed by atoms with Crippen LogP contribution in [0.15, 0.2) is 70.3 Å². The first kappa shape index (κ1) is 23.5. The number of nitrogens with zero attached hydrogens (tertiary/aromatic N) is 1. The number of urea groups is 1. The van der Waals surface area contributed by atoms with Gasteiger partial charge in [0.1, 0.15) is 6.04 Å². The van der Waals surface area contributed by atoms with Crippen LogP contribution in [0.5, 0.6) is 0 Å². The average Bonchev–Trinajstić information content (AvgIpc) is 2.74. The molecule has 3 rings (SSSR count). The number of hydrogen-bond donors (Lipinski definition) is 1. The minimum atomic E-state index is -0.962. The number of imide groups is 1. The summed E-state index contributed by atoms with van der Waals surface area (Å²) in [6.45, 7) is 5.17. The smallest absolute Gasteiger partial charge is 0.418 e. The second-order valence-corrected chi connectivity index (χ2v) is 8.51. The Balaban J connectivity index is 1.86. The van der Waals surface area contributed by atoms with Crippen LogP contribution in [-0.4, -0.2) is 35.7 Å². The fourth-order valence-corrected chi connectivity index (χ4v) is 3.66. The summed E-state index contributed by atoms with van der Waals surface area (Å²) in [5, 5.41) is 2.59. The molecular weight excluding hydrogens is 476 g/mol. The van der Waals surface area contributed by atoms with Crippen molar-refractivity contribution in [3.05, 3.63) is 81.5 Å². The first-order chi connectivity index (χ1) is 15.3. The van der Waals surface area contributed by atoms with Crippen LogP contribution in [-0.2, 0) is 20.7 Å². The fraction of sp³-hybridized carbons (Fsp3) is 0.292. The van der Waals surface area contributed by atoms with Gasteiger partial charge in [0.25, 0.3) is 0 Å². The zero-order chi connectivity index (χ0) is 23.3. The van der Waals surface area contributed by atoms with Crippen LogP contribution >= 0.6 is 15.9 Å². The predicted molar refractivity (Wildman–Crippen MR) is 123 cm³/mol. The highest BCUT2D eigenvalue weighted by Crippen LogP contribution is 2.35. The van der Waals surface area contributed by atoms with Crippen LogP contribution in [0.25, 0.3) is 0 Å². The molecule has 3 amide bonds. The number of amides is 3. The van der Waals surface area contributed by atoms with Gasteiger partial charge >= 0.3 is 18.1 Å². The number of benzene rings is 2. The number of carbonyl (C=O) groups is 3. The maximum atomic E-state index is 13.0. The Morgan fingerprint density at radius 3 is 2.38 bits per heavy atom. The van der Waals surface area contributed by atoms with Gasteiger partial charge in [0.05, 0.1) is 18.3 Å². The Morgan fingerprint density at radius 1 is 1.09 bits per heavy atom. The van der Waals surface area contributed by atoms with Gasteiger partial charge in [0.15, 0.2) is 0 Å². The number of hydrogen-bond acceptors (Lipinski definition) is 5. The Morgan fingerprint density at radius 2 is 1.75 bits per heavy atom. The van der Waals surface area contributed by atoms with E-state index in [1.54, 1.807) is 45.0 Å². The van der Waals surface area contributed by atoms with E-state index >= 15 is 0 Å². The summed E-state index contributed by atoms with van der Waals surface area (Å²) >= 11 is 3.38. The fourth-order valence-electron chi connectivity index (χ4n) is 3.40. The molecule has 1 heterocycles. The molecule has 2 aromatic carbocycles. The second-order valence-electron chi connectivity index (χ2n) is 7.60. The third kappa shape index (κ3) is 5.56. The molecule has 1 aliphatic heterocycles. The topological polar surface area (TPSA) is 84.9 Å². The number of rotatable bonds is 6. The van der Waals surface area contributed by atoms with Gasteiger partial charge in [-0.3, -0.25) is 0 Å². The van der Waals surface area contributed by atoms with Gasteiger partial charge < -0.3 is 14.8 Å². The van der Waals surface area contributed by atoms with Crippen LogP contribution < -0.4 is 5.32 Å². The number of esters is 1. The van der Waals surface area contributed by atoms with E-state index in [0.29, 0.717) is 17.7 Å². The average molecular weight is 501 g/mol. The summed E-state index contributed by atoms with van der Waals surface area (Å²) in [5.41, 5.74) is 2.12. The number of ether oxygens (including phenoxy) is 2. The third-order valence-corrected chi connectivity index (χ3v) is 5.38. The molecule has 1 N–H and O–H groups in total. The van der Waals surface area contributed by atoms with E-state index in [1.807, 2.05) is 30.3 Å². The molecule has 32 heavy (non-hydrogen) atoms. The van der Waals surface area contributed by atoms with E-state index in [1.165, 1.54) is 0 Å². The highest BCUT2D eigenvalue weighted by molar-refractivity contribution is 9.10. The van der Waals surface area contributed by atoms with Crippen molar-refractivity contribution in [1.29, 1.82) is 0 Å². The summed E-state index contributed by atoms with van der Waals surface area (Å²) in [6.07, 6.45) is -0.708. The highest BCUT2D eigenvalue weighted by Gasteiger charge is 2.43. The number of allylic oxidation sites excluding steroid dienone is 1. The van der Waals surface area contributed by atoms with E-state index in [4.69, 9.17) is 9.47 Å². The third-order valence-electron chi connectivity index (χ3n) is 4.85. The normalized spacial score (nSPS) is 16.1. The summed E-state index contributed by atoms with van der Waals surface area (Å²) in [7, 11) is 0. The Kier molecular flexibility index (Phi) is 7.69. The molecule has 168 valence electrons. The summed E-state index contributed by atoms with van der Waals surface area (Å²) in [4.78, 5) is 39.6. The lowest BCUT2D eigenvalue weighted by atomic mass is 9.94. The first-order valence-corrected chi connectivity index (χ1v) is 11.1. The minimum absolute atomic E-state index is 0.0836. The molecule has 1 unspecified atom stereocenters. The van der Waals surface area contributed by atoms with Crippen LogP contribution in [0.3, 0.4) is 0 Å². The zero-order valence-corrected chi connectivity index (χ0v) is 19.7. The van der Waals surface area contributed by atoms with Crippen LogP contribution in [0.2, 0.25) is 0 Å². The number of nitrogens with one attached hydrogen (secondary N) is 1. The molecule has 1 atom stereocenters. The van der Waals surface area contributed by atoms with E-state index in [-0.39, 0.29) is 18.3 Å². The van der Waals surface area contributed by atoms with Crippen molar-refractivity contribution in [3.63, 3.8) is 0 Å². The predicted octanol–water partition coefficient (Wildman–Crippen LogP) is 5.12. The lowest BCUT2D eigenvalue weighted by Gasteiger charge is -2.35. The van der Waals surface area contributed by atoms with Gasteiger partial charge in [-0.2, -0.15) is 0 Å². The van der Waals surface area contributed by atoms with Crippen LogP contribution in [0.1, 0.15) is 37.9 Å². The summed E-state index contributed by atoms with van der Waals surface area (Å²) < 4.78 is 11.8. The molecule has 0 aromatic heterocycles. The van der Waals surface area contributed by atoms with Gasteiger partial charge in [0, 0.05) is 16.6 Å². The molecule has 7 nitrogen and oxygen atoms in total. The standard InChI is InChI=1S/C24H25BrN2O5/c1-15(2)32-22(28)20-16(3)26-23(29)27(21(20)18-7-5-4-6-8-18)24(30)31-14-13-17-9-11-19(25)12-10-17/h4-12,15,21H,13-14H2,1-3H3,(H,26,29). The Hall–Kier alpha value is -3.13. The second kappa shape index (κ2) is 10.5. The van der Waals surface area contributed by atoms with Crippen molar-refractivity contribution in [2.45, 2.75) is 39.3 Å².